The average Bonchev–Trinajstić information content (AvgIpc) is 3.32. The van der Waals surface area contributed by atoms with Crippen molar-refractivity contribution in [2.24, 2.45) is 4.99 Å². The highest BCUT2D eigenvalue weighted by Gasteiger charge is 2.26. The summed E-state index contributed by atoms with van der Waals surface area (Å²) in [6, 6.07) is 4.75. The molecule has 2 fully saturated rings. The van der Waals surface area contributed by atoms with E-state index in [9.17, 15) is 0 Å². The molecule has 3 unspecified atom stereocenters. The van der Waals surface area contributed by atoms with Gasteiger partial charge >= 0.3 is 0 Å². The standard InChI is InChI=1S/C18H30N4OS2/c1-14-13-22(7-8-23-14)16(17-6-4-10-25-17)12-21-18(19-2)20-11-15-5-3-9-24-15/h4,6,10,14-16H,3,5,7-9,11-13H2,1-2H3,(H2,19,20,21). The maximum atomic E-state index is 5.72. The number of hydrogen-bond acceptors (Lipinski definition) is 5. The molecule has 0 spiro atoms. The van der Waals surface area contributed by atoms with Gasteiger partial charge < -0.3 is 15.4 Å². The molecule has 0 aromatic carbocycles. The molecule has 0 saturated carbocycles. The van der Waals surface area contributed by atoms with E-state index >= 15 is 0 Å². The van der Waals surface area contributed by atoms with Crippen LogP contribution < -0.4 is 10.6 Å². The smallest absolute Gasteiger partial charge is 0.191 e. The predicted octanol–water partition coefficient (Wildman–Crippen LogP) is 2.57. The first kappa shape index (κ1) is 19.0. The summed E-state index contributed by atoms with van der Waals surface area (Å²) in [7, 11) is 1.86. The van der Waals surface area contributed by atoms with Gasteiger partial charge in [0.15, 0.2) is 5.96 Å². The van der Waals surface area contributed by atoms with E-state index in [0.717, 1.165) is 44.0 Å². The van der Waals surface area contributed by atoms with Crippen LogP contribution in [0.15, 0.2) is 22.5 Å². The van der Waals surface area contributed by atoms with Crippen molar-refractivity contribution in [3.63, 3.8) is 0 Å². The molecule has 2 saturated heterocycles. The van der Waals surface area contributed by atoms with Crippen LogP contribution in [-0.4, -0.2) is 67.8 Å². The van der Waals surface area contributed by atoms with Crippen molar-refractivity contribution in [2.75, 3.05) is 45.6 Å². The average molecular weight is 383 g/mol. The summed E-state index contributed by atoms with van der Waals surface area (Å²) in [4.78, 5) is 8.35. The van der Waals surface area contributed by atoms with E-state index in [2.05, 4.69) is 56.7 Å². The Bertz CT molecular complexity index is 531. The molecular formula is C18H30N4OS2. The molecule has 3 rings (SSSR count). The second kappa shape index (κ2) is 9.80. The highest BCUT2D eigenvalue weighted by Crippen LogP contribution is 2.27. The van der Waals surface area contributed by atoms with Gasteiger partial charge in [0, 0.05) is 43.4 Å². The Kier molecular flexibility index (Phi) is 7.46. The Hall–Kier alpha value is -0.760. The molecule has 2 aliphatic heterocycles. The molecule has 3 heterocycles. The summed E-state index contributed by atoms with van der Waals surface area (Å²) >= 11 is 3.91. The van der Waals surface area contributed by atoms with Crippen molar-refractivity contribution in [2.45, 2.75) is 37.2 Å². The van der Waals surface area contributed by atoms with Gasteiger partial charge in [-0.15, -0.1) is 11.3 Å². The third-order valence-corrected chi connectivity index (χ3v) is 7.16. The van der Waals surface area contributed by atoms with Crippen LogP contribution in [-0.2, 0) is 4.74 Å². The maximum absolute atomic E-state index is 5.72. The van der Waals surface area contributed by atoms with Crippen LogP contribution >= 0.6 is 23.1 Å². The number of rotatable bonds is 6. The first-order valence-electron chi connectivity index (χ1n) is 9.21. The highest BCUT2D eigenvalue weighted by molar-refractivity contribution is 8.00. The number of thiophene rings is 1. The Morgan fingerprint density at radius 3 is 3.08 bits per heavy atom. The fourth-order valence-corrected chi connectivity index (χ4v) is 5.51. The molecule has 0 amide bonds. The minimum absolute atomic E-state index is 0.299. The Labute approximate surface area is 159 Å². The molecule has 2 aliphatic rings. The molecule has 0 radical (unpaired) electrons. The van der Waals surface area contributed by atoms with Crippen LogP contribution in [0.2, 0.25) is 0 Å². The van der Waals surface area contributed by atoms with Gasteiger partial charge in [0.1, 0.15) is 0 Å². The fraction of sp³-hybridized carbons (Fsp3) is 0.722. The van der Waals surface area contributed by atoms with E-state index < -0.39 is 0 Å². The maximum Gasteiger partial charge on any atom is 0.191 e. The number of hydrogen-bond donors (Lipinski definition) is 2. The lowest BCUT2D eigenvalue weighted by Crippen LogP contribution is -2.48. The molecule has 3 atom stereocenters. The van der Waals surface area contributed by atoms with Gasteiger partial charge in [0.05, 0.1) is 18.8 Å². The molecule has 7 heteroatoms. The van der Waals surface area contributed by atoms with Crippen molar-refractivity contribution in [1.29, 1.82) is 0 Å². The molecule has 0 aliphatic carbocycles. The van der Waals surface area contributed by atoms with Crippen molar-refractivity contribution < 1.29 is 4.74 Å². The van der Waals surface area contributed by atoms with E-state index in [1.165, 1.54) is 23.5 Å². The lowest BCUT2D eigenvalue weighted by atomic mass is 10.1. The first-order chi connectivity index (χ1) is 12.3. The van der Waals surface area contributed by atoms with Crippen molar-refractivity contribution in [3.8, 4) is 0 Å². The number of guanidine groups is 1. The van der Waals surface area contributed by atoms with E-state index in [4.69, 9.17) is 4.74 Å². The van der Waals surface area contributed by atoms with Gasteiger partial charge in [-0.3, -0.25) is 9.89 Å². The predicted molar refractivity (Wildman–Crippen MR) is 109 cm³/mol. The fourth-order valence-electron chi connectivity index (χ4n) is 3.45. The Morgan fingerprint density at radius 1 is 1.48 bits per heavy atom. The quantitative estimate of drug-likeness (QED) is 0.585. The van der Waals surface area contributed by atoms with E-state index in [1.54, 1.807) is 0 Å². The van der Waals surface area contributed by atoms with Crippen molar-refractivity contribution in [1.82, 2.24) is 15.5 Å². The summed E-state index contributed by atoms with van der Waals surface area (Å²) in [5.41, 5.74) is 0. The molecule has 2 N–H and O–H groups in total. The first-order valence-corrected chi connectivity index (χ1v) is 11.1. The number of nitrogens with zero attached hydrogens (tertiary/aromatic N) is 2. The summed E-state index contributed by atoms with van der Waals surface area (Å²) in [6.45, 7) is 6.81. The monoisotopic (exact) mass is 382 g/mol. The summed E-state index contributed by atoms with van der Waals surface area (Å²) in [6.07, 6.45) is 2.96. The largest absolute Gasteiger partial charge is 0.376 e. The topological polar surface area (TPSA) is 48.9 Å². The Morgan fingerprint density at radius 2 is 2.40 bits per heavy atom. The van der Waals surface area contributed by atoms with Crippen LogP contribution in [0, 0.1) is 0 Å². The number of morpholine rings is 1. The minimum Gasteiger partial charge on any atom is -0.376 e. The number of nitrogens with one attached hydrogen (secondary N) is 2. The normalized spacial score (nSPS) is 26.6. The van der Waals surface area contributed by atoms with E-state index in [-0.39, 0.29) is 0 Å². The van der Waals surface area contributed by atoms with Gasteiger partial charge in [0.2, 0.25) is 0 Å². The van der Waals surface area contributed by atoms with Crippen LogP contribution in [0.1, 0.15) is 30.7 Å². The lowest BCUT2D eigenvalue weighted by Gasteiger charge is -2.37. The molecule has 5 nitrogen and oxygen atoms in total. The van der Waals surface area contributed by atoms with Crippen molar-refractivity contribution >= 4 is 29.1 Å². The molecule has 140 valence electrons. The van der Waals surface area contributed by atoms with Crippen LogP contribution in [0.4, 0.5) is 0 Å². The minimum atomic E-state index is 0.299. The molecule has 1 aromatic heterocycles. The zero-order valence-corrected chi connectivity index (χ0v) is 16.9. The third kappa shape index (κ3) is 5.61. The second-order valence-electron chi connectivity index (χ2n) is 6.68. The zero-order valence-electron chi connectivity index (χ0n) is 15.2. The molecule has 0 bridgehead atoms. The van der Waals surface area contributed by atoms with Gasteiger partial charge in [-0.25, -0.2) is 0 Å². The second-order valence-corrected chi connectivity index (χ2v) is 9.06. The third-order valence-electron chi connectivity index (χ3n) is 4.79. The molecule has 1 aromatic rings. The van der Waals surface area contributed by atoms with Crippen LogP contribution in [0.3, 0.4) is 0 Å². The van der Waals surface area contributed by atoms with Gasteiger partial charge in [0.25, 0.3) is 0 Å². The number of ether oxygens (including phenoxy) is 1. The van der Waals surface area contributed by atoms with Gasteiger partial charge in [-0.2, -0.15) is 11.8 Å². The van der Waals surface area contributed by atoms with E-state index in [1.807, 2.05) is 18.4 Å². The van der Waals surface area contributed by atoms with Crippen molar-refractivity contribution in [3.05, 3.63) is 22.4 Å². The van der Waals surface area contributed by atoms with Gasteiger partial charge in [-0.1, -0.05) is 6.07 Å². The lowest BCUT2D eigenvalue weighted by molar-refractivity contribution is -0.0334. The Balaban J connectivity index is 1.55. The summed E-state index contributed by atoms with van der Waals surface area (Å²) in [5, 5.41) is 9.94. The van der Waals surface area contributed by atoms with Gasteiger partial charge in [-0.05, 0) is 37.0 Å². The summed E-state index contributed by atoms with van der Waals surface area (Å²) < 4.78 is 5.72. The molecular weight excluding hydrogens is 352 g/mol. The number of thioether (sulfide) groups is 1. The number of aliphatic imine (C=N–C) groups is 1. The van der Waals surface area contributed by atoms with Crippen LogP contribution in [0.25, 0.3) is 0 Å². The van der Waals surface area contributed by atoms with Crippen LogP contribution in [0.5, 0.6) is 0 Å². The zero-order chi connectivity index (χ0) is 17.5. The van der Waals surface area contributed by atoms with E-state index in [0.29, 0.717) is 12.1 Å². The SMILES string of the molecule is CN=C(NCC1CCCS1)NCC(c1cccs1)N1CCOC(C)C1. The summed E-state index contributed by atoms with van der Waals surface area (Å²) in [5.74, 6) is 2.21. The highest BCUT2D eigenvalue weighted by atomic mass is 32.2. The molecule has 25 heavy (non-hydrogen) atoms.